The molecule has 1 aromatic rings. The first kappa shape index (κ1) is 11.5. The van der Waals surface area contributed by atoms with Crippen LogP contribution in [0.2, 0.25) is 0 Å². The highest BCUT2D eigenvalue weighted by Crippen LogP contribution is 2.26. The first-order chi connectivity index (χ1) is 7.69. The molecular formula is C13H15BrN2. The molecule has 0 saturated carbocycles. The highest BCUT2D eigenvalue weighted by atomic mass is 79.9. The van der Waals surface area contributed by atoms with Crippen LogP contribution in [0, 0.1) is 17.2 Å². The Labute approximate surface area is 105 Å². The molecule has 0 spiro atoms. The number of hydrogen-bond acceptors (Lipinski definition) is 2. The predicted molar refractivity (Wildman–Crippen MR) is 69.5 cm³/mol. The molecule has 1 atom stereocenters. The molecule has 0 bridgehead atoms. The Balaban J connectivity index is 2.26. The van der Waals surface area contributed by atoms with Crippen molar-refractivity contribution < 1.29 is 0 Å². The zero-order valence-corrected chi connectivity index (χ0v) is 11.0. The second-order valence-electron chi connectivity index (χ2n) is 4.50. The van der Waals surface area contributed by atoms with E-state index in [9.17, 15) is 0 Å². The molecule has 0 radical (unpaired) electrons. The van der Waals surface area contributed by atoms with Gasteiger partial charge in [-0.2, -0.15) is 5.26 Å². The summed E-state index contributed by atoms with van der Waals surface area (Å²) in [4.78, 5) is 2.37. The third kappa shape index (κ3) is 2.56. The second-order valence-corrected chi connectivity index (χ2v) is 5.42. The number of piperidine rings is 1. The molecular weight excluding hydrogens is 264 g/mol. The lowest BCUT2D eigenvalue weighted by atomic mass is 9.99. The molecule has 2 nitrogen and oxygen atoms in total. The van der Waals surface area contributed by atoms with E-state index in [-0.39, 0.29) is 0 Å². The van der Waals surface area contributed by atoms with Crippen LogP contribution >= 0.6 is 15.9 Å². The fraction of sp³-hybridized carbons (Fsp3) is 0.462. The summed E-state index contributed by atoms with van der Waals surface area (Å²) in [6.07, 6.45) is 2.56. The summed E-state index contributed by atoms with van der Waals surface area (Å²) in [6.45, 7) is 4.49. The van der Waals surface area contributed by atoms with Crippen LogP contribution < -0.4 is 4.90 Å². The first-order valence-electron chi connectivity index (χ1n) is 5.64. The van der Waals surface area contributed by atoms with Gasteiger partial charge >= 0.3 is 0 Å². The van der Waals surface area contributed by atoms with E-state index in [1.54, 1.807) is 0 Å². The van der Waals surface area contributed by atoms with Crippen molar-refractivity contribution in [1.29, 1.82) is 5.26 Å². The zero-order chi connectivity index (χ0) is 11.5. The lowest BCUT2D eigenvalue weighted by Gasteiger charge is -2.33. The van der Waals surface area contributed by atoms with E-state index in [1.165, 1.54) is 12.8 Å². The Kier molecular flexibility index (Phi) is 3.50. The SMILES string of the molecule is CC1CCCN(c2cc(Br)cc(C#N)c2)C1. The van der Waals surface area contributed by atoms with Crippen molar-refractivity contribution in [2.45, 2.75) is 19.8 Å². The maximum absolute atomic E-state index is 8.95. The molecule has 0 amide bonds. The van der Waals surface area contributed by atoms with Gasteiger partial charge < -0.3 is 4.90 Å². The van der Waals surface area contributed by atoms with Crippen molar-refractivity contribution in [3.05, 3.63) is 28.2 Å². The van der Waals surface area contributed by atoms with Gasteiger partial charge in [-0.05, 0) is 37.0 Å². The first-order valence-corrected chi connectivity index (χ1v) is 6.44. The number of nitrogens with zero attached hydrogens (tertiary/aromatic N) is 2. The van der Waals surface area contributed by atoms with Crippen LogP contribution in [0.1, 0.15) is 25.3 Å². The van der Waals surface area contributed by atoms with Crippen molar-refractivity contribution in [3.8, 4) is 6.07 Å². The summed E-state index contributed by atoms with van der Waals surface area (Å²) in [5, 5.41) is 8.95. The minimum atomic E-state index is 0.725. The van der Waals surface area contributed by atoms with Gasteiger partial charge in [-0.1, -0.05) is 22.9 Å². The average molecular weight is 279 g/mol. The third-order valence-electron chi connectivity index (χ3n) is 3.03. The van der Waals surface area contributed by atoms with Gasteiger partial charge in [-0.3, -0.25) is 0 Å². The molecule has 0 aromatic heterocycles. The monoisotopic (exact) mass is 278 g/mol. The molecule has 1 aromatic carbocycles. The van der Waals surface area contributed by atoms with Gasteiger partial charge in [0.15, 0.2) is 0 Å². The standard InChI is InChI=1S/C13H15BrN2/c1-10-3-2-4-16(9-10)13-6-11(8-15)5-12(14)7-13/h5-7,10H,2-4,9H2,1H3. The smallest absolute Gasteiger partial charge is 0.0992 e. The summed E-state index contributed by atoms with van der Waals surface area (Å²) in [6, 6.07) is 8.13. The molecule has 3 heteroatoms. The Bertz CT molecular complexity index is 422. The Morgan fingerprint density at radius 2 is 2.25 bits per heavy atom. The van der Waals surface area contributed by atoms with Crippen molar-refractivity contribution in [2.75, 3.05) is 18.0 Å². The Morgan fingerprint density at radius 1 is 1.44 bits per heavy atom. The van der Waals surface area contributed by atoms with Crippen LogP contribution in [-0.4, -0.2) is 13.1 Å². The number of anilines is 1. The topological polar surface area (TPSA) is 27.0 Å². The van der Waals surface area contributed by atoms with Crippen LogP contribution in [0.4, 0.5) is 5.69 Å². The Hall–Kier alpha value is -1.01. The number of benzene rings is 1. The highest BCUT2D eigenvalue weighted by Gasteiger charge is 2.17. The van der Waals surface area contributed by atoms with E-state index < -0.39 is 0 Å². The molecule has 2 rings (SSSR count). The molecule has 84 valence electrons. The van der Waals surface area contributed by atoms with Crippen LogP contribution in [-0.2, 0) is 0 Å². The van der Waals surface area contributed by atoms with Crippen molar-refractivity contribution in [2.24, 2.45) is 5.92 Å². The second kappa shape index (κ2) is 4.88. The van der Waals surface area contributed by atoms with E-state index in [2.05, 4.69) is 39.9 Å². The van der Waals surface area contributed by atoms with Crippen LogP contribution in [0.3, 0.4) is 0 Å². The summed E-state index contributed by atoms with van der Waals surface area (Å²) in [5.41, 5.74) is 1.89. The van der Waals surface area contributed by atoms with E-state index >= 15 is 0 Å². The van der Waals surface area contributed by atoms with E-state index in [1.807, 2.05) is 12.1 Å². The van der Waals surface area contributed by atoms with Gasteiger partial charge in [0.2, 0.25) is 0 Å². The number of nitriles is 1. The highest BCUT2D eigenvalue weighted by molar-refractivity contribution is 9.10. The van der Waals surface area contributed by atoms with Gasteiger partial charge in [0, 0.05) is 23.2 Å². The number of rotatable bonds is 1. The van der Waals surface area contributed by atoms with E-state index in [4.69, 9.17) is 5.26 Å². The average Bonchev–Trinajstić information content (AvgIpc) is 2.28. The summed E-state index contributed by atoms with van der Waals surface area (Å²) >= 11 is 3.46. The normalized spacial score (nSPS) is 20.6. The fourth-order valence-electron chi connectivity index (χ4n) is 2.25. The summed E-state index contributed by atoms with van der Waals surface area (Å²) in [7, 11) is 0. The molecule has 1 unspecified atom stereocenters. The Morgan fingerprint density at radius 3 is 2.94 bits per heavy atom. The van der Waals surface area contributed by atoms with Crippen molar-refractivity contribution in [3.63, 3.8) is 0 Å². The van der Waals surface area contributed by atoms with Gasteiger partial charge in [0.1, 0.15) is 0 Å². The number of halogens is 1. The van der Waals surface area contributed by atoms with Crippen LogP contribution in [0.5, 0.6) is 0 Å². The molecule has 1 aliphatic rings. The minimum Gasteiger partial charge on any atom is -0.371 e. The predicted octanol–water partition coefficient (Wildman–Crippen LogP) is 3.56. The van der Waals surface area contributed by atoms with Crippen molar-refractivity contribution in [1.82, 2.24) is 0 Å². The quantitative estimate of drug-likeness (QED) is 0.786. The summed E-state index contributed by atoms with van der Waals surface area (Å²) in [5.74, 6) is 0.748. The zero-order valence-electron chi connectivity index (χ0n) is 9.41. The van der Waals surface area contributed by atoms with Crippen LogP contribution in [0.25, 0.3) is 0 Å². The molecule has 0 N–H and O–H groups in total. The van der Waals surface area contributed by atoms with E-state index in [0.29, 0.717) is 0 Å². The largest absolute Gasteiger partial charge is 0.371 e. The van der Waals surface area contributed by atoms with Gasteiger partial charge in [-0.25, -0.2) is 0 Å². The fourth-order valence-corrected chi connectivity index (χ4v) is 2.73. The molecule has 16 heavy (non-hydrogen) atoms. The van der Waals surface area contributed by atoms with E-state index in [0.717, 1.165) is 34.7 Å². The van der Waals surface area contributed by atoms with Gasteiger partial charge in [0.25, 0.3) is 0 Å². The number of hydrogen-bond donors (Lipinski definition) is 0. The van der Waals surface area contributed by atoms with Gasteiger partial charge in [-0.15, -0.1) is 0 Å². The maximum Gasteiger partial charge on any atom is 0.0992 e. The lowest BCUT2D eigenvalue weighted by molar-refractivity contribution is 0.447. The van der Waals surface area contributed by atoms with Crippen LogP contribution in [0.15, 0.2) is 22.7 Å². The molecule has 1 fully saturated rings. The molecule has 1 aliphatic heterocycles. The molecule has 1 heterocycles. The summed E-state index contributed by atoms with van der Waals surface area (Å²) < 4.78 is 0.986. The molecule has 0 aliphatic carbocycles. The lowest BCUT2D eigenvalue weighted by Crippen LogP contribution is -2.34. The maximum atomic E-state index is 8.95. The van der Waals surface area contributed by atoms with Crippen molar-refractivity contribution >= 4 is 21.6 Å². The molecule has 1 saturated heterocycles. The van der Waals surface area contributed by atoms with Gasteiger partial charge in [0.05, 0.1) is 11.6 Å². The minimum absolute atomic E-state index is 0.725. The third-order valence-corrected chi connectivity index (χ3v) is 3.49.